The van der Waals surface area contributed by atoms with Crippen LogP contribution in [0.15, 0.2) is 42.6 Å². The topological polar surface area (TPSA) is 89.2 Å². The molecule has 1 saturated carbocycles. The average Bonchev–Trinajstić information content (AvgIpc) is 3.61. The molecule has 3 N–H and O–H groups in total. The van der Waals surface area contributed by atoms with Gasteiger partial charge in [-0.05, 0) is 63.4 Å². The zero-order valence-corrected chi connectivity index (χ0v) is 22.3. The Kier molecular flexibility index (Phi) is 6.32. The normalized spacial score (nSPS) is 25.4. The molecular formula is C28H34ClN7O. The zero-order chi connectivity index (χ0) is 25.7. The third kappa shape index (κ3) is 4.57. The van der Waals surface area contributed by atoms with E-state index in [0.717, 1.165) is 55.2 Å². The average molecular weight is 520 g/mol. The lowest BCUT2D eigenvalue weighted by Gasteiger charge is -2.34. The molecule has 2 aliphatic carbocycles. The molecule has 3 heterocycles. The highest BCUT2D eigenvalue weighted by Gasteiger charge is 2.48. The molecule has 1 amide bonds. The number of halogens is 1. The second-order valence-corrected chi connectivity index (χ2v) is 11.3. The van der Waals surface area contributed by atoms with Crippen LogP contribution < -0.4 is 15.5 Å². The molecular weight excluding hydrogens is 486 g/mol. The third-order valence-corrected chi connectivity index (χ3v) is 8.27. The van der Waals surface area contributed by atoms with Gasteiger partial charge in [0.15, 0.2) is 5.65 Å². The summed E-state index contributed by atoms with van der Waals surface area (Å²) in [5.74, 6) is 1.24. The van der Waals surface area contributed by atoms with Crippen molar-refractivity contribution in [3.8, 4) is 11.4 Å². The number of anilines is 2. The Bertz CT molecular complexity index is 1330. The number of aromatic nitrogens is 3. The van der Waals surface area contributed by atoms with Gasteiger partial charge >= 0.3 is 0 Å². The molecule has 2 fully saturated rings. The number of nitrogens with zero attached hydrogens (tertiary/aromatic N) is 4. The molecule has 8 nitrogen and oxygen atoms in total. The van der Waals surface area contributed by atoms with Crippen molar-refractivity contribution in [2.75, 3.05) is 43.4 Å². The molecule has 194 valence electrons. The zero-order valence-electron chi connectivity index (χ0n) is 21.5. The maximum absolute atomic E-state index is 13.1. The van der Waals surface area contributed by atoms with Crippen molar-refractivity contribution in [3.05, 3.63) is 47.6 Å². The number of fused-ring (bicyclic) bond motifs is 3. The van der Waals surface area contributed by atoms with Crippen molar-refractivity contribution in [2.24, 2.45) is 17.8 Å². The molecule has 0 unspecified atom stereocenters. The first kappa shape index (κ1) is 24.2. The number of hydrogen-bond acceptors (Lipinski definition) is 6. The summed E-state index contributed by atoms with van der Waals surface area (Å²) in [5, 5.41) is 7.27. The summed E-state index contributed by atoms with van der Waals surface area (Å²) in [6.45, 7) is 8.21. The quantitative estimate of drug-likeness (QED) is 0.424. The first-order valence-electron chi connectivity index (χ1n) is 13.2. The van der Waals surface area contributed by atoms with Crippen molar-refractivity contribution in [1.29, 1.82) is 0 Å². The molecule has 9 heteroatoms. The van der Waals surface area contributed by atoms with Crippen LogP contribution in [0.1, 0.15) is 20.3 Å². The van der Waals surface area contributed by atoms with Crippen molar-refractivity contribution < 1.29 is 4.79 Å². The van der Waals surface area contributed by atoms with Gasteiger partial charge in [0, 0.05) is 49.5 Å². The van der Waals surface area contributed by atoms with E-state index in [1.165, 1.54) is 5.69 Å². The number of likely N-dealkylation sites (N-methyl/N-ethyl adjacent to an activating group) is 1. The van der Waals surface area contributed by atoms with E-state index in [2.05, 4.69) is 73.9 Å². The number of allylic oxidation sites excluding steroid dienone is 1. The van der Waals surface area contributed by atoms with E-state index >= 15 is 0 Å². The van der Waals surface area contributed by atoms with Crippen LogP contribution in [-0.4, -0.2) is 71.1 Å². The molecule has 1 aliphatic heterocycles. The first-order chi connectivity index (χ1) is 17.9. The van der Waals surface area contributed by atoms with E-state index in [9.17, 15) is 4.79 Å². The van der Waals surface area contributed by atoms with E-state index in [0.29, 0.717) is 10.7 Å². The van der Waals surface area contributed by atoms with Crippen molar-refractivity contribution >= 4 is 40.0 Å². The predicted octanol–water partition coefficient (Wildman–Crippen LogP) is 4.16. The molecule has 37 heavy (non-hydrogen) atoms. The summed E-state index contributed by atoms with van der Waals surface area (Å²) in [6, 6.07) is 8.59. The van der Waals surface area contributed by atoms with Crippen LogP contribution in [0.5, 0.6) is 0 Å². The first-order valence-corrected chi connectivity index (χ1v) is 13.6. The van der Waals surface area contributed by atoms with Crippen molar-refractivity contribution in [1.82, 2.24) is 25.2 Å². The number of benzene rings is 1. The van der Waals surface area contributed by atoms with Gasteiger partial charge in [0.25, 0.3) is 0 Å². The minimum atomic E-state index is -0.138. The van der Waals surface area contributed by atoms with Gasteiger partial charge in [0.1, 0.15) is 11.3 Å². The summed E-state index contributed by atoms with van der Waals surface area (Å²) >= 11 is 6.67. The van der Waals surface area contributed by atoms with E-state index in [-0.39, 0.29) is 35.7 Å². The Morgan fingerprint density at radius 3 is 2.57 bits per heavy atom. The summed E-state index contributed by atoms with van der Waals surface area (Å²) < 4.78 is 0. The standard InChI is InChI=1S/C28H34ClN7O/c1-16(2)31-28(37)22-18-4-5-19(14-18)23(22)32-24-21(29)15-30-27-25(24)33-26(34-27)17-6-8-20(9-7-17)36-12-10-35(3)11-13-36/h4-9,15-16,18-19,22-23H,10-14H2,1-3H3,(H,31,37)(H2,30,32,33,34)/t18-,19-,22+,23+/m1/s1. The van der Waals surface area contributed by atoms with Gasteiger partial charge in [-0.3, -0.25) is 4.79 Å². The Balaban J connectivity index is 1.27. The van der Waals surface area contributed by atoms with Gasteiger partial charge in [0.2, 0.25) is 5.91 Å². The highest BCUT2D eigenvalue weighted by molar-refractivity contribution is 6.34. The number of pyridine rings is 1. The second kappa shape index (κ2) is 9.65. The summed E-state index contributed by atoms with van der Waals surface area (Å²) in [6.07, 6.45) is 7.04. The summed E-state index contributed by atoms with van der Waals surface area (Å²) in [5.41, 5.74) is 4.35. The Morgan fingerprint density at radius 1 is 1.11 bits per heavy atom. The fourth-order valence-electron chi connectivity index (χ4n) is 6.03. The van der Waals surface area contributed by atoms with E-state index in [4.69, 9.17) is 16.6 Å². The van der Waals surface area contributed by atoms with E-state index in [1.54, 1.807) is 6.20 Å². The minimum absolute atomic E-state index is 0.0357. The smallest absolute Gasteiger partial charge is 0.225 e. The van der Waals surface area contributed by atoms with Crippen molar-refractivity contribution in [3.63, 3.8) is 0 Å². The van der Waals surface area contributed by atoms with E-state index < -0.39 is 0 Å². The van der Waals surface area contributed by atoms with Crippen LogP contribution in [0.25, 0.3) is 22.6 Å². The molecule has 6 rings (SSSR count). The lowest BCUT2D eigenvalue weighted by molar-refractivity contribution is -0.126. The minimum Gasteiger partial charge on any atom is -0.378 e. The number of amides is 1. The van der Waals surface area contributed by atoms with Crippen LogP contribution in [0.3, 0.4) is 0 Å². The van der Waals surface area contributed by atoms with Crippen LogP contribution in [-0.2, 0) is 4.79 Å². The monoisotopic (exact) mass is 519 g/mol. The Morgan fingerprint density at radius 2 is 1.84 bits per heavy atom. The number of aromatic amines is 1. The van der Waals surface area contributed by atoms with Gasteiger partial charge in [-0.25, -0.2) is 9.97 Å². The number of H-pyrrole nitrogens is 1. The molecule has 4 atom stereocenters. The number of carbonyl (C=O) groups excluding carboxylic acids is 1. The largest absolute Gasteiger partial charge is 0.378 e. The predicted molar refractivity (Wildman–Crippen MR) is 149 cm³/mol. The Labute approximate surface area is 222 Å². The molecule has 3 aromatic rings. The second-order valence-electron chi connectivity index (χ2n) is 10.9. The van der Waals surface area contributed by atoms with Gasteiger partial charge in [-0.1, -0.05) is 23.8 Å². The Hall–Kier alpha value is -3.10. The molecule has 0 radical (unpaired) electrons. The molecule has 0 spiro atoms. The van der Waals surface area contributed by atoms with Crippen LogP contribution in [0.4, 0.5) is 11.4 Å². The molecule has 2 aromatic heterocycles. The summed E-state index contributed by atoms with van der Waals surface area (Å²) in [4.78, 5) is 30.6. The highest BCUT2D eigenvalue weighted by atomic mass is 35.5. The van der Waals surface area contributed by atoms with Gasteiger partial charge in [-0.2, -0.15) is 0 Å². The van der Waals surface area contributed by atoms with Crippen LogP contribution in [0.2, 0.25) is 5.02 Å². The molecule has 2 bridgehead atoms. The maximum atomic E-state index is 13.1. The number of carbonyl (C=O) groups is 1. The number of hydrogen-bond donors (Lipinski definition) is 3. The molecule has 1 saturated heterocycles. The van der Waals surface area contributed by atoms with Gasteiger partial charge in [-0.15, -0.1) is 0 Å². The van der Waals surface area contributed by atoms with Gasteiger partial charge in [0.05, 0.1) is 22.8 Å². The number of nitrogens with one attached hydrogen (secondary N) is 3. The lowest BCUT2D eigenvalue weighted by atomic mass is 9.87. The fraction of sp³-hybridized carbons (Fsp3) is 0.464. The number of imidazole rings is 1. The fourth-order valence-corrected chi connectivity index (χ4v) is 6.23. The maximum Gasteiger partial charge on any atom is 0.225 e. The number of rotatable bonds is 6. The highest BCUT2D eigenvalue weighted by Crippen LogP contribution is 2.46. The lowest BCUT2D eigenvalue weighted by Crippen LogP contribution is -2.45. The van der Waals surface area contributed by atoms with Crippen LogP contribution >= 0.6 is 11.6 Å². The summed E-state index contributed by atoms with van der Waals surface area (Å²) in [7, 11) is 2.17. The SMILES string of the molecule is CC(C)NC(=O)[C@@H]1[C@@H](Nc2c(Cl)cnc3nc(-c4ccc(N5CCN(C)CC5)cc4)[nH]c23)[C@@H]2C=C[C@@H]1C2. The van der Waals surface area contributed by atoms with Crippen molar-refractivity contribution in [2.45, 2.75) is 32.4 Å². The molecule has 1 aromatic carbocycles. The van der Waals surface area contributed by atoms with E-state index in [1.807, 2.05) is 13.8 Å². The number of piperazine rings is 1. The third-order valence-electron chi connectivity index (χ3n) is 7.99. The van der Waals surface area contributed by atoms with Gasteiger partial charge < -0.3 is 25.4 Å². The van der Waals surface area contributed by atoms with Crippen LogP contribution in [0, 0.1) is 17.8 Å². The molecule has 3 aliphatic rings.